The monoisotopic (exact) mass is 201 g/mol. The molecule has 1 amide bonds. The molecular formula is C8H8ClNO3. The number of carbonyl (C=O) groups is 1. The summed E-state index contributed by atoms with van der Waals surface area (Å²) in [5.74, 6) is -0.712. The number of benzene rings is 1. The van der Waals surface area contributed by atoms with E-state index >= 15 is 0 Å². The maximum Gasteiger partial charge on any atom is 0.278 e. The maximum atomic E-state index is 10.9. The van der Waals surface area contributed by atoms with E-state index in [0.29, 0.717) is 5.56 Å². The molecule has 0 aliphatic heterocycles. The SMILES string of the molecule is O=C(NO)c1cc(CCl)ccc1O. The number of phenolic OH excluding ortho intramolecular Hbond substituents is 1. The Labute approximate surface area is 79.7 Å². The van der Waals surface area contributed by atoms with Crippen molar-refractivity contribution in [2.24, 2.45) is 0 Å². The number of hydrogen-bond donors (Lipinski definition) is 3. The summed E-state index contributed by atoms with van der Waals surface area (Å²) < 4.78 is 0. The number of nitrogens with one attached hydrogen (secondary N) is 1. The van der Waals surface area contributed by atoms with Gasteiger partial charge in [-0.3, -0.25) is 10.0 Å². The van der Waals surface area contributed by atoms with Crippen molar-refractivity contribution in [2.75, 3.05) is 0 Å². The maximum absolute atomic E-state index is 10.9. The normalized spacial score (nSPS) is 9.69. The van der Waals surface area contributed by atoms with E-state index in [-0.39, 0.29) is 17.2 Å². The van der Waals surface area contributed by atoms with Crippen LogP contribution in [0.2, 0.25) is 0 Å². The molecule has 0 aromatic heterocycles. The molecule has 0 fully saturated rings. The molecule has 0 spiro atoms. The van der Waals surface area contributed by atoms with Crippen LogP contribution in [-0.2, 0) is 5.88 Å². The molecule has 0 heterocycles. The molecule has 0 radical (unpaired) electrons. The number of aromatic hydroxyl groups is 1. The Morgan fingerprint density at radius 1 is 1.54 bits per heavy atom. The Hall–Kier alpha value is -1.26. The molecule has 13 heavy (non-hydrogen) atoms. The van der Waals surface area contributed by atoms with E-state index in [4.69, 9.17) is 16.8 Å². The van der Waals surface area contributed by atoms with Gasteiger partial charge in [0.15, 0.2) is 0 Å². The summed E-state index contributed by atoms with van der Waals surface area (Å²) in [6.07, 6.45) is 0. The Balaban J connectivity index is 3.11. The summed E-state index contributed by atoms with van der Waals surface area (Å²) >= 11 is 5.52. The third-order valence-corrected chi connectivity index (χ3v) is 1.87. The molecule has 1 aromatic rings. The van der Waals surface area contributed by atoms with Crippen molar-refractivity contribution in [1.82, 2.24) is 5.48 Å². The average Bonchev–Trinajstić information content (AvgIpc) is 2.17. The topological polar surface area (TPSA) is 69.6 Å². The molecular weight excluding hydrogens is 194 g/mol. The summed E-state index contributed by atoms with van der Waals surface area (Å²) in [6.45, 7) is 0. The van der Waals surface area contributed by atoms with Crippen LogP contribution in [0.25, 0.3) is 0 Å². The van der Waals surface area contributed by atoms with Crippen LogP contribution in [0.15, 0.2) is 18.2 Å². The van der Waals surface area contributed by atoms with Crippen LogP contribution < -0.4 is 5.48 Å². The van der Waals surface area contributed by atoms with Gasteiger partial charge in [-0.2, -0.15) is 0 Å². The van der Waals surface area contributed by atoms with Crippen molar-refractivity contribution in [3.8, 4) is 5.75 Å². The predicted octanol–water partition coefficient (Wildman–Crippen LogP) is 1.25. The zero-order valence-corrected chi connectivity index (χ0v) is 7.38. The first-order valence-electron chi connectivity index (χ1n) is 3.51. The van der Waals surface area contributed by atoms with Gasteiger partial charge in [-0.1, -0.05) is 6.07 Å². The van der Waals surface area contributed by atoms with Crippen LogP contribution in [0, 0.1) is 0 Å². The van der Waals surface area contributed by atoms with Crippen LogP contribution in [0.1, 0.15) is 15.9 Å². The first-order valence-corrected chi connectivity index (χ1v) is 4.04. The highest BCUT2D eigenvalue weighted by Crippen LogP contribution is 2.19. The summed E-state index contributed by atoms with van der Waals surface area (Å²) in [5, 5.41) is 17.5. The minimum Gasteiger partial charge on any atom is -0.507 e. The molecule has 0 saturated heterocycles. The molecule has 3 N–H and O–H groups in total. The van der Waals surface area contributed by atoms with Gasteiger partial charge in [0.05, 0.1) is 5.56 Å². The van der Waals surface area contributed by atoms with Gasteiger partial charge in [0, 0.05) is 5.88 Å². The van der Waals surface area contributed by atoms with E-state index in [0.717, 1.165) is 0 Å². The predicted molar refractivity (Wildman–Crippen MR) is 46.9 cm³/mol. The fourth-order valence-electron chi connectivity index (χ4n) is 0.908. The Morgan fingerprint density at radius 3 is 2.77 bits per heavy atom. The molecule has 1 aromatic carbocycles. The number of hydrogen-bond acceptors (Lipinski definition) is 3. The lowest BCUT2D eigenvalue weighted by atomic mass is 10.1. The van der Waals surface area contributed by atoms with Gasteiger partial charge in [0.1, 0.15) is 5.75 Å². The minimum atomic E-state index is -0.760. The summed E-state index contributed by atoms with van der Waals surface area (Å²) in [7, 11) is 0. The number of phenols is 1. The fourth-order valence-corrected chi connectivity index (χ4v) is 1.07. The van der Waals surface area contributed by atoms with Crippen molar-refractivity contribution in [1.29, 1.82) is 0 Å². The Bertz CT molecular complexity index is 327. The fraction of sp³-hybridized carbons (Fsp3) is 0.125. The average molecular weight is 202 g/mol. The van der Waals surface area contributed by atoms with Gasteiger partial charge >= 0.3 is 0 Å². The van der Waals surface area contributed by atoms with E-state index in [1.54, 1.807) is 6.07 Å². The molecule has 0 bridgehead atoms. The number of amides is 1. The quantitative estimate of drug-likeness (QED) is 0.383. The highest BCUT2D eigenvalue weighted by molar-refractivity contribution is 6.17. The smallest absolute Gasteiger partial charge is 0.278 e. The van der Waals surface area contributed by atoms with E-state index in [9.17, 15) is 9.90 Å². The molecule has 0 atom stereocenters. The zero-order valence-electron chi connectivity index (χ0n) is 6.62. The molecule has 0 aliphatic rings. The summed E-state index contributed by atoms with van der Waals surface area (Å²) in [6, 6.07) is 4.35. The van der Waals surface area contributed by atoms with E-state index in [1.165, 1.54) is 17.6 Å². The second kappa shape index (κ2) is 4.11. The third-order valence-electron chi connectivity index (χ3n) is 1.56. The Kier molecular flexibility index (Phi) is 3.11. The number of rotatable bonds is 2. The number of carbonyl (C=O) groups excluding carboxylic acids is 1. The van der Waals surface area contributed by atoms with Crippen molar-refractivity contribution in [2.45, 2.75) is 5.88 Å². The summed E-state index contributed by atoms with van der Waals surface area (Å²) in [5.41, 5.74) is 2.12. The van der Waals surface area contributed by atoms with E-state index < -0.39 is 5.91 Å². The second-order valence-electron chi connectivity index (χ2n) is 2.43. The third kappa shape index (κ3) is 2.11. The lowest BCUT2D eigenvalue weighted by Crippen LogP contribution is -2.18. The van der Waals surface area contributed by atoms with Crippen LogP contribution in [0.3, 0.4) is 0 Å². The van der Waals surface area contributed by atoms with Crippen molar-refractivity contribution in [3.05, 3.63) is 29.3 Å². The molecule has 70 valence electrons. The zero-order chi connectivity index (χ0) is 9.84. The van der Waals surface area contributed by atoms with Crippen molar-refractivity contribution < 1.29 is 15.1 Å². The highest BCUT2D eigenvalue weighted by Gasteiger charge is 2.10. The van der Waals surface area contributed by atoms with Gasteiger partial charge in [-0.15, -0.1) is 11.6 Å². The second-order valence-corrected chi connectivity index (χ2v) is 2.69. The Morgan fingerprint density at radius 2 is 2.23 bits per heavy atom. The number of halogens is 1. The molecule has 4 nitrogen and oxygen atoms in total. The number of hydroxylamine groups is 1. The van der Waals surface area contributed by atoms with Crippen molar-refractivity contribution >= 4 is 17.5 Å². The van der Waals surface area contributed by atoms with Crippen LogP contribution in [0.5, 0.6) is 5.75 Å². The van der Waals surface area contributed by atoms with Crippen LogP contribution in [0.4, 0.5) is 0 Å². The van der Waals surface area contributed by atoms with Crippen LogP contribution in [-0.4, -0.2) is 16.2 Å². The minimum absolute atomic E-state index is 0.000602. The van der Waals surface area contributed by atoms with Gasteiger partial charge in [-0.25, -0.2) is 5.48 Å². The standard InChI is InChI=1S/C8H8ClNO3/c9-4-5-1-2-7(11)6(3-5)8(12)10-13/h1-3,11,13H,4H2,(H,10,12). The van der Waals surface area contributed by atoms with Crippen LogP contribution >= 0.6 is 11.6 Å². The lowest BCUT2D eigenvalue weighted by Gasteiger charge is -2.03. The van der Waals surface area contributed by atoms with Gasteiger partial charge in [0.2, 0.25) is 0 Å². The van der Waals surface area contributed by atoms with E-state index in [1.807, 2.05) is 0 Å². The van der Waals surface area contributed by atoms with Crippen molar-refractivity contribution in [3.63, 3.8) is 0 Å². The van der Waals surface area contributed by atoms with Gasteiger partial charge in [0.25, 0.3) is 5.91 Å². The molecule has 0 unspecified atom stereocenters. The first kappa shape index (κ1) is 9.83. The molecule has 5 heteroatoms. The number of alkyl halides is 1. The molecule has 0 saturated carbocycles. The summed E-state index contributed by atoms with van der Waals surface area (Å²) in [4.78, 5) is 10.9. The molecule has 1 rings (SSSR count). The lowest BCUT2D eigenvalue weighted by molar-refractivity contribution is 0.0703. The van der Waals surface area contributed by atoms with Gasteiger partial charge < -0.3 is 5.11 Å². The van der Waals surface area contributed by atoms with E-state index in [2.05, 4.69) is 0 Å². The highest BCUT2D eigenvalue weighted by atomic mass is 35.5. The largest absolute Gasteiger partial charge is 0.507 e. The molecule has 0 aliphatic carbocycles. The first-order chi connectivity index (χ1) is 6.19. The van der Waals surface area contributed by atoms with Gasteiger partial charge in [-0.05, 0) is 17.7 Å².